The highest BCUT2D eigenvalue weighted by molar-refractivity contribution is 5.85. The van der Waals surface area contributed by atoms with Gasteiger partial charge in [-0.05, 0) is 45.4 Å². The standard InChI is InChI=1S/C22H24FN7O.ClH/c1-13-7-16(28-6-5-24-22(3,4)12-28)11-30-19(13)26-18(27-21(30)31)15-8-17(23)20-25-14(2)9-29(20)10-15;/h7-11,24H,5-6,12H2,1-4H3;1H. The number of nitrogens with one attached hydrogen (secondary N) is 1. The molecular weight excluding hydrogens is 433 g/mol. The predicted molar refractivity (Wildman–Crippen MR) is 124 cm³/mol. The number of hydrogen-bond acceptors (Lipinski definition) is 6. The minimum Gasteiger partial charge on any atom is -0.367 e. The Labute approximate surface area is 190 Å². The largest absolute Gasteiger partial charge is 0.367 e. The molecule has 0 atom stereocenters. The van der Waals surface area contributed by atoms with E-state index in [0.717, 1.165) is 30.9 Å². The Bertz CT molecular complexity index is 1390. The van der Waals surface area contributed by atoms with Gasteiger partial charge in [-0.15, -0.1) is 12.4 Å². The molecular formula is C22H25ClFN7O. The molecule has 1 fully saturated rings. The van der Waals surface area contributed by atoms with Gasteiger partial charge in [0.25, 0.3) is 0 Å². The summed E-state index contributed by atoms with van der Waals surface area (Å²) in [5.74, 6) is -0.292. The molecule has 0 bridgehead atoms. The number of piperazine rings is 1. The fourth-order valence-corrected chi connectivity index (χ4v) is 4.23. The Hall–Kier alpha value is -3.04. The van der Waals surface area contributed by atoms with Gasteiger partial charge in [0, 0.05) is 49.3 Å². The second-order valence-corrected chi connectivity index (χ2v) is 8.83. The van der Waals surface area contributed by atoms with Crippen LogP contribution in [0, 0.1) is 19.7 Å². The monoisotopic (exact) mass is 457 g/mol. The molecule has 1 saturated heterocycles. The van der Waals surface area contributed by atoms with Crippen LogP contribution >= 0.6 is 12.4 Å². The van der Waals surface area contributed by atoms with Crippen LogP contribution in [0.5, 0.6) is 0 Å². The molecule has 1 N–H and O–H groups in total. The molecule has 0 radical (unpaired) electrons. The number of anilines is 1. The fraction of sp³-hybridized carbons (Fsp3) is 0.364. The number of aromatic nitrogens is 5. The number of fused-ring (bicyclic) bond motifs is 2. The summed E-state index contributed by atoms with van der Waals surface area (Å²) in [6.45, 7) is 10.6. The highest BCUT2D eigenvalue weighted by Gasteiger charge is 2.26. The van der Waals surface area contributed by atoms with Crippen LogP contribution in [0.3, 0.4) is 0 Å². The van der Waals surface area contributed by atoms with E-state index in [-0.39, 0.29) is 29.4 Å². The summed E-state index contributed by atoms with van der Waals surface area (Å²) in [6, 6.07) is 3.36. The third-order valence-corrected chi connectivity index (χ3v) is 5.65. The molecule has 0 spiro atoms. The molecule has 8 nitrogen and oxygen atoms in total. The lowest BCUT2D eigenvalue weighted by Gasteiger charge is -2.40. The number of aryl methyl sites for hydroxylation is 2. The first-order valence-electron chi connectivity index (χ1n) is 10.3. The average molecular weight is 458 g/mol. The predicted octanol–water partition coefficient (Wildman–Crippen LogP) is 2.77. The van der Waals surface area contributed by atoms with Crippen molar-refractivity contribution in [2.75, 3.05) is 24.5 Å². The van der Waals surface area contributed by atoms with Gasteiger partial charge >= 0.3 is 5.69 Å². The molecule has 168 valence electrons. The lowest BCUT2D eigenvalue weighted by atomic mass is 10.0. The Morgan fingerprint density at radius 1 is 1.06 bits per heavy atom. The van der Waals surface area contributed by atoms with Gasteiger partial charge in [-0.3, -0.25) is 0 Å². The minimum absolute atomic E-state index is 0. The second-order valence-electron chi connectivity index (χ2n) is 8.83. The third-order valence-electron chi connectivity index (χ3n) is 5.65. The van der Waals surface area contributed by atoms with E-state index < -0.39 is 11.5 Å². The van der Waals surface area contributed by atoms with Crippen molar-refractivity contribution in [3.63, 3.8) is 0 Å². The molecule has 10 heteroatoms. The number of halogens is 2. The highest BCUT2D eigenvalue weighted by atomic mass is 35.5. The van der Waals surface area contributed by atoms with E-state index in [1.54, 1.807) is 29.9 Å². The van der Waals surface area contributed by atoms with Crippen molar-refractivity contribution in [2.24, 2.45) is 0 Å². The molecule has 1 aliphatic heterocycles. The SMILES string of the molecule is Cc1cn2cc(-c3nc(=O)n4cc(N5CCNC(C)(C)C5)cc(C)c4n3)cc(F)c2n1.Cl. The summed E-state index contributed by atoms with van der Waals surface area (Å²) < 4.78 is 17.6. The van der Waals surface area contributed by atoms with Crippen molar-refractivity contribution in [3.8, 4) is 11.4 Å². The van der Waals surface area contributed by atoms with Crippen molar-refractivity contribution >= 4 is 29.4 Å². The molecule has 5 heterocycles. The van der Waals surface area contributed by atoms with Crippen molar-refractivity contribution < 1.29 is 4.39 Å². The van der Waals surface area contributed by atoms with Gasteiger partial charge < -0.3 is 14.6 Å². The van der Waals surface area contributed by atoms with E-state index in [9.17, 15) is 9.18 Å². The van der Waals surface area contributed by atoms with E-state index in [4.69, 9.17) is 0 Å². The topological polar surface area (TPSA) is 79.8 Å². The number of nitrogens with zero attached hydrogens (tertiary/aromatic N) is 6. The van der Waals surface area contributed by atoms with Crippen LogP contribution in [-0.2, 0) is 0 Å². The Balaban J connectivity index is 0.00000245. The van der Waals surface area contributed by atoms with Crippen LogP contribution in [0.2, 0.25) is 0 Å². The van der Waals surface area contributed by atoms with Crippen LogP contribution in [0.4, 0.5) is 10.1 Å². The van der Waals surface area contributed by atoms with Crippen molar-refractivity contribution in [3.05, 3.63) is 58.3 Å². The fourth-order valence-electron chi connectivity index (χ4n) is 4.23. The molecule has 0 amide bonds. The first-order valence-corrected chi connectivity index (χ1v) is 10.3. The van der Waals surface area contributed by atoms with Gasteiger partial charge in [-0.25, -0.2) is 23.6 Å². The van der Waals surface area contributed by atoms with E-state index in [1.165, 1.54) is 10.5 Å². The smallest absolute Gasteiger partial charge is 0.355 e. The number of pyridine rings is 2. The van der Waals surface area contributed by atoms with Gasteiger partial charge in [0.1, 0.15) is 5.65 Å². The van der Waals surface area contributed by atoms with Crippen LogP contribution in [0.1, 0.15) is 25.1 Å². The summed E-state index contributed by atoms with van der Waals surface area (Å²) >= 11 is 0. The summed E-state index contributed by atoms with van der Waals surface area (Å²) in [4.78, 5) is 28.1. The first kappa shape index (κ1) is 22.2. The molecule has 32 heavy (non-hydrogen) atoms. The Morgan fingerprint density at radius 2 is 1.84 bits per heavy atom. The van der Waals surface area contributed by atoms with Crippen LogP contribution in [0.25, 0.3) is 22.7 Å². The maximum Gasteiger partial charge on any atom is 0.355 e. The highest BCUT2D eigenvalue weighted by Crippen LogP contribution is 2.24. The van der Waals surface area contributed by atoms with Gasteiger partial charge in [-0.2, -0.15) is 4.98 Å². The number of imidazole rings is 1. The minimum atomic E-state index is -0.484. The Kier molecular flexibility index (Phi) is 5.42. The molecule has 1 aliphatic rings. The van der Waals surface area contributed by atoms with E-state index >= 15 is 0 Å². The first-order chi connectivity index (χ1) is 14.7. The average Bonchev–Trinajstić information content (AvgIpc) is 3.08. The maximum atomic E-state index is 14.5. The third kappa shape index (κ3) is 3.82. The number of rotatable bonds is 2. The van der Waals surface area contributed by atoms with E-state index in [1.807, 2.05) is 13.0 Å². The molecule has 0 saturated carbocycles. The molecule has 0 unspecified atom stereocenters. The summed E-state index contributed by atoms with van der Waals surface area (Å²) in [5.41, 5.74) is 3.23. The van der Waals surface area contributed by atoms with Crippen molar-refractivity contribution in [1.29, 1.82) is 0 Å². The zero-order valence-electron chi connectivity index (χ0n) is 18.4. The maximum absolute atomic E-state index is 14.5. The van der Waals surface area contributed by atoms with Crippen molar-refractivity contribution in [2.45, 2.75) is 33.2 Å². The number of hydrogen-bond donors (Lipinski definition) is 1. The molecule has 0 aromatic carbocycles. The van der Waals surface area contributed by atoms with Gasteiger partial charge in [0.05, 0.1) is 11.4 Å². The summed E-state index contributed by atoms with van der Waals surface area (Å²) in [5, 5.41) is 3.49. The van der Waals surface area contributed by atoms with Gasteiger partial charge in [-0.1, -0.05) is 0 Å². The van der Waals surface area contributed by atoms with Crippen LogP contribution in [0.15, 0.2) is 35.5 Å². The molecule has 4 aromatic rings. The van der Waals surface area contributed by atoms with Gasteiger partial charge in [0.2, 0.25) is 0 Å². The van der Waals surface area contributed by atoms with Gasteiger partial charge in [0.15, 0.2) is 17.3 Å². The lowest BCUT2D eigenvalue weighted by Crippen LogP contribution is -2.57. The molecule has 4 aromatic heterocycles. The van der Waals surface area contributed by atoms with E-state index in [2.05, 4.69) is 39.0 Å². The summed E-state index contributed by atoms with van der Waals surface area (Å²) in [6.07, 6.45) is 5.21. The molecule has 5 rings (SSSR count). The zero-order chi connectivity index (χ0) is 21.9. The van der Waals surface area contributed by atoms with Crippen LogP contribution < -0.4 is 15.9 Å². The quantitative estimate of drug-likeness (QED) is 0.498. The second kappa shape index (κ2) is 7.83. The zero-order valence-corrected chi connectivity index (χ0v) is 19.2. The van der Waals surface area contributed by atoms with E-state index in [0.29, 0.717) is 16.9 Å². The Morgan fingerprint density at radius 3 is 2.59 bits per heavy atom. The molecule has 0 aliphatic carbocycles. The van der Waals surface area contributed by atoms with Crippen LogP contribution in [-0.4, -0.2) is 48.9 Å². The normalized spacial score (nSPS) is 15.8. The summed E-state index contributed by atoms with van der Waals surface area (Å²) in [7, 11) is 0. The van der Waals surface area contributed by atoms with Crippen molar-refractivity contribution in [1.82, 2.24) is 29.1 Å². The lowest BCUT2D eigenvalue weighted by molar-refractivity contribution is 0.353.